The maximum Gasteiger partial charge on any atom is 0.261 e. The van der Waals surface area contributed by atoms with E-state index in [9.17, 15) is 14.4 Å². The zero-order valence-corrected chi connectivity index (χ0v) is 18.9. The molecule has 0 bridgehead atoms. The second-order valence-corrected chi connectivity index (χ2v) is 9.62. The van der Waals surface area contributed by atoms with Gasteiger partial charge in [0, 0.05) is 26.2 Å². The number of amides is 2. The van der Waals surface area contributed by atoms with Gasteiger partial charge < -0.3 is 9.80 Å². The van der Waals surface area contributed by atoms with Crippen LogP contribution < -0.4 is 5.56 Å². The largest absolute Gasteiger partial charge is 0.341 e. The lowest BCUT2D eigenvalue weighted by Gasteiger charge is -2.22. The van der Waals surface area contributed by atoms with Crippen molar-refractivity contribution < 1.29 is 9.59 Å². The van der Waals surface area contributed by atoms with E-state index in [0.29, 0.717) is 52.2 Å². The van der Waals surface area contributed by atoms with Crippen LogP contribution in [0.4, 0.5) is 0 Å². The second-order valence-electron chi connectivity index (χ2n) is 7.34. The number of halogens is 2. The first kappa shape index (κ1) is 21.8. The third kappa shape index (κ3) is 4.92. The standard InChI is InChI=1S/C21H20Cl2N4O3S/c22-17-10-14(20(23)31-17)11-18(28)25-6-3-7-26(9-8-25)19(29)12-27-13-24-16-5-2-1-4-15(16)21(27)30/h1-2,4-5,10,13H,3,6-9,11-12H2. The van der Waals surface area contributed by atoms with Gasteiger partial charge in [-0.05, 0) is 30.2 Å². The van der Waals surface area contributed by atoms with Crippen molar-refractivity contribution in [3.8, 4) is 0 Å². The third-order valence-corrected chi connectivity index (χ3v) is 6.88. The van der Waals surface area contributed by atoms with E-state index >= 15 is 0 Å². The van der Waals surface area contributed by atoms with Crippen LogP contribution in [0.2, 0.25) is 8.67 Å². The zero-order chi connectivity index (χ0) is 22.0. The van der Waals surface area contributed by atoms with Crippen molar-refractivity contribution >= 4 is 57.3 Å². The minimum Gasteiger partial charge on any atom is -0.341 e. The highest BCUT2D eigenvalue weighted by atomic mass is 35.5. The number of thiophene rings is 1. The highest BCUT2D eigenvalue weighted by Crippen LogP contribution is 2.31. The van der Waals surface area contributed by atoms with Gasteiger partial charge >= 0.3 is 0 Å². The van der Waals surface area contributed by atoms with Gasteiger partial charge in [0.2, 0.25) is 11.8 Å². The Labute approximate surface area is 192 Å². The van der Waals surface area contributed by atoms with Crippen LogP contribution in [0, 0.1) is 0 Å². The highest BCUT2D eigenvalue weighted by molar-refractivity contribution is 7.20. The van der Waals surface area contributed by atoms with Crippen molar-refractivity contribution in [1.29, 1.82) is 0 Å². The molecule has 1 fully saturated rings. The Balaban J connectivity index is 1.39. The number of rotatable bonds is 4. The summed E-state index contributed by atoms with van der Waals surface area (Å²) in [5.41, 5.74) is 1.09. The smallest absolute Gasteiger partial charge is 0.261 e. The zero-order valence-electron chi connectivity index (χ0n) is 16.6. The summed E-state index contributed by atoms with van der Waals surface area (Å²) in [5, 5.41) is 0.484. The van der Waals surface area contributed by atoms with E-state index in [-0.39, 0.29) is 30.3 Å². The summed E-state index contributed by atoms with van der Waals surface area (Å²) in [6.45, 7) is 1.87. The van der Waals surface area contributed by atoms with E-state index in [2.05, 4.69) is 4.98 Å². The highest BCUT2D eigenvalue weighted by Gasteiger charge is 2.23. The molecule has 0 spiro atoms. The van der Waals surface area contributed by atoms with Crippen molar-refractivity contribution in [2.24, 2.45) is 0 Å². The Hall–Kier alpha value is -2.42. The molecule has 7 nitrogen and oxygen atoms in total. The molecule has 0 unspecified atom stereocenters. The summed E-state index contributed by atoms with van der Waals surface area (Å²) in [6.07, 6.45) is 2.26. The van der Waals surface area contributed by atoms with Gasteiger partial charge in [0.25, 0.3) is 5.56 Å². The fourth-order valence-corrected chi connectivity index (χ4v) is 5.14. The molecule has 0 radical (unpaired) electrons. The van der Waals surface area contributed by atoms with Crippen molar-refractivity contribution in [3.05, 3.63) is 61.2 Å². The maximum absolute atomic E-state index is 12.8. The topological polar surface area (TPSA) is 75.5 Å². The minimum absolute atomic E-state index is 0.0411. The molecule has 0 N–H and O–H groups in total. The van der Waals surface area contributed by atoms with E-state index in [1.54, 1.807) is 34.1 Å². The maximum atomic E-state index is 12.8. The van der Waals surface area contributed by atoms with Gasteiger partial charge in [0.05, 0.1) is 32.3 Å². The molecule has 0 atom stereocenters. The molecule has 1 aliphatic heterocycles. The first-order valence-electron chi connectivity index (χ1n) is 9.86. The van der Waals surface area contributed by atoms with Gasteiger partial charge in [-0.25, -0.2) is 4.98 Å². The molecule has 0 saturated carbocycles. The number of carbonyl (C=O) groups excluding carboxylic acids is 2. The number of hydrogen-bond acceptors (Lipinski definition) is 5. The van der Waals surface area contributed by atoms with Gasteiger partial charge in [-0.3, -0.25) is 19.0 Å². The van der Waals surface area contributed by atoms with Crippen LogP contribution in [0.3, 0.4) is 0 Å². The number of carbonyl (C=O) groups is 2. The summed E-state index contributed by atoms with van der Waals surface area (Å²) < 4.78 is 2.42. The monoisotopic (exact) mass is 478 g/mol. The van der Waals surface area contributed by atoms with Crippen LogP contribution >= 0.6 is 34.5 Å². The van der Waals surface area contributed by atoms with Crippen molar-refractivity contribution in [2.75, 3.05) is 26.2 Å². The SMILES string of the molecule is O=C(Cc1cc(Cl)sc1Cl)N1CCCN(C(=O)Cn2cnc3ccccc3c2=O)CC1. The Morgan fingerprint density at radius 2 is 1.74 bits per heavy atom. The number of fused-ring (bicyclic) bond motifs is 1. The number of aromatic nitrogens is 2. The summed E-state index contributed by atoms with van der Waals surface area (Å²) in [5.74, 6) is -0.207. The lowest BCUT2D eigenvalue weighted by Crippen LogP contribution is -2.40. The first-order chi connectivity index (χ1) is 14.9. The fraction of sp³-hybridized carbons (Fsp3) is 0.333. The van der Waals surface area contributed by atoms with E-state index < -0.39 is 0 Å². The fourth-order valence-electron chi connectivity index (χ4n) is 3.65. The van der Waals surface area contributed by atoms with Gasteiger partial charge in [0.15, 0.2) is 0 Å². The van der Waals surface area contributed by atoms with Crippen molar-refractivity contribution in [3.63, 3.8) is 0 Å². The first-order valence-corrected chi connectivity index (χ1v) is 11.4. The molecular formula is C21H20Cl2N4O3S. The molecule has 2 amide bonds. The average molecular weight is 479 g/mol. The molecule has 0 aliphatic carbocycles. The van der Waals surface area contributed by atoms with Crippen LogP contribution in [0.1, 0.15) is 12.0 Å². The quantitative estimate of drug-likeness (QED) is 0.577. The number of para-hydroxylation sites is 1. The summed E-state index contributed by atoms with van der Waals surface area (Å²) in [4.78, 5) is 45.9. The predicted molar refractivity (Wildman–Crippen MR) is 122 cm³/mol. The van der Waals surface area contributed by atoms with Gasteiger partial charge in [-0.2, -0.15) is 0 Å². The summed E-state index contributed by atoms with van der Waals surface area (Å²) in [6, 6.07) is 8.77. The number of hydrogen-bond donors (Lipinski definition) is 0. The van der Waals surface area contributed by atoms with E-state index in [1.165, 1.54) is 22.2 Å². The molecule has 10 heteroatoms. The molecule has 162 valence electrons. The number of benzene rings is 1. The lowest BCUT2D eigenvalue weighted by atomic mass is 10.2. The van der Waals surface area contributed by atoms with Crippen LogP contribution in [0.5, 0.6) is 0 Å². The molecule has 3 heterocycles. The molecule has 3 aromatic rings. The van der Waals surface area contributed by atoms with Crippen LogP contribution in [-0.2, 0) is 22.6 Å². The van der Waals surface area contributed by atoms with Crippen LogP contribution in [-0.4, -0.2) is 57.3 Å². The predicted octanol–water partition coefficient (Wildman–Crippen LogP) is 3.07. The lowest BCUT2D eigenvalue weighted by molar-refractivity contribution is -0.133. The Morgan fingerprint density at radius 1 is 1.03 bits per heavy atom. The van der Waals surface area contributed by atoms with Gasteiger partial charge in [-0.15, -0.1) is 11.3 Å². The van der Waals surface area contributed by atoms with Crippen LogP contribution in [0.25, 0.3) is 10.9 Å². The normalized spacial score (nSPS) is 14.6. The molecule has 2 aromatic heterocycles. The second kappa shape index (κ2) is 9.38. The Bertz CT molecular complexity index is 1190. The summed E-state index contributed by atoms with van der Waals surface area (Å²) >= 11 is 13.3. The van der Waals surface area contributed by atoms with E-state index in [0.717, 1.165) is 5.56 Å². The Kier molecular flexibility index (Phi) is 6.60. The molecular weight excluding hydrogens is 459 g/mol. The van der Waals surface area contributed by atoms with Crippen molar-refractivity contribution in [1.82, 2.24) is 19.4 Å². The molecule has 1 aliphatic rings. The molecule has 1 saturated heterocycles. The van der Waals surface area contributed by atoms with E-state index in [1.807, 2.05) is 6.07 Å². The van der Waals surface area contributed by atoms with E-state index in [4.69, 9.17) is 23.2 Å². The molecule has 4 rings (SSSR count). The summed E-state index contributed by atoms with van der Waals surface area (Å²) in [7, 11) is 0. The third-order valence-electron chi connectivity index (χ3n) is 5.31. The van der Waals surface area contributed by atoms with Gasteiger partial charge in [0.1, 0.15) is 6.54 Å². The number of nitrogens with zero attached hydrogens (tertiary/aromatic N) is 4. The Morgan fingerprint density at radius 3 is 2.45 bits per heavy atom. The van der Waals surface area contributed by atoms with Crippen LogP contribution in [0.15, 0.2) is 41.5 Å². The molecule has 1 aromatic carbocycles. The van der Waals surface area contributed by atoms with Gasteiger partial charge in [-0.1, -0.05) is 35.3 Å². The minimum atomic E-state index is -0.239. The average Bonchev–Trinajstić information content (AvgIpc) is 2.94. The van der Waals surface area contributed by atoms with Crippen molar-refractivity contribution in [2.45, 2.75) is 19.4 Å². The molecule has 31 heavy (non-hydrogen) atoms.